The number of hydrogen-bond donors (Lipinski definition) is 1. The van der Waals surface area contributed by atoms with Gasteiger partial charge in [0.25, 0.3) is 10.0 Å². The van der Waals surface area contributed by atoms with Gasteiger partial charge in [0.15, 0.2) is 0 Å². The molecule has 0 fully saturated rings. The second-order valence-corrected chi connectivity index (χ2v) is 8.43. The van der Waals surface area contributed by atoms with Crippen molar-refractivity contribution in [1.82, 2.24) is 4.41 Å². The van der Waals surface area contributed by atoms with Gasteiger partial charge in [-0.1, -0.05) is 30.3 Å². The number of carbonyl (C=O) groups excluding carboxylic acids is 1. The fraction of sp³-hybridized carbons (Fsp3) is 0.143. The number of hydrogen-bond acceptors (Lipinski definition) is 5. The van der Waals surface area contributed by atoms with Crippen LogP contribution in [0.4, 0.5) is 5.69 Å². The van der Waals surface area contributed by atoms with E-state index >= 15 is 0 Å². The number of nitrogens with zero attached hydrogens (tertiary/aromatic N) is 2. The number of nitrogens with one attached hydrogen (secondary N) is 1. The molecule has 1 aliphatic heterocycles. The molecule has 0 bridgehead atoms. The van der Waals surface area contributed by atoms with Crippen LogP contribution in [0.2, 0.25) is 0 Å². The first kappa shape index (κ1) is 18.9. The van der Waals surface area contributed by atoms with Crippen molar-refractivity contribution in [2.75, 3.05) is 5.32 Å². The third-order valence-corrected chi connectivity index (χ3v) is 6.24. The van der Waals surface area contributed by atoms with Gasteiger partial charge in [0.05, 0.1) is 16.9 Å². The molecule has 1 aliphatic rings. The number of amides is 1. The standard InChI is InChI=1S/C21H19N3O4S/c1-15(25)22-17-8-5-7-16(13-17)19-14-20(21-11-6-12-28-21)24(23-19)29(26,27)18-9-3-2-4-10-18/h2-13,20H,14H2,1H3,(H,22,25)/t20-/m0/s1. The summed E-state index contributed by atoms with van der Waals surface area (Å²) in [6.07, 6.45) is 1.86. The van der Waals surface area contributed by atoms with Gasteiger partial charge in [-0.05, 0) is 42.0 Å². The van der Waals surface area contributed by atoms with Gasteiger partial charge in [0.2, 0.25) is 5.91 Å². The van der Waals surface area contributed by atoms with E-state index in [2.05, 4.69) is 10.4 Å². The zero-order chi connectivity index (χ0) is 20.4. The van der Waals surface area contributed by atoms with Crippen molar-refractivity contribution in [1.29, 1.82) is 0 Å². The van der Waals surface area contributed by atoms with Crippen molar-refractivity contribution in [3.8, 4) is 0 Å². The topological polar surface area (TPSA) is 92.0 Å². The van der Waals surface area contributed by atoms with Crippen LogP contribution in [0.25, 0.3) is 0 Å². The summed E-state index contributed by atoms with van der Waals surface area (Å²) >= 11 is 0. The van der Waals surface area contributed by atoms with Crippen molar-refractivity contribution >= 4 is 27.3 Å². The number of carbonyl (C=O) groups is 1. The summed E-state index contributed by atoms with van der Waals surface area (Å²) in [5.41, 5.74) is 1.95. The molecule has 3 aromatic rings. The van der Waals surface area contributed by atoms with Gasteiger partial charge in [0, 0.05) is 19.0 Å². The number of benzene rings is 2. The van der Waals surface area contributed by atoms with E-state index < -0.39 is 16.1 Å². The average Bonchev–Trinajstić information content (AvgIpc) is 3.38. The lowest BCUT2D eigenvalue weighted by Gasteiger charge is -2.21. The van der Waals surface area contributed by atoms with Crippen molar-refractivity contribution in [3.63, 3.8) is 0 Å². The summed E-state index contributed by atoms with van der Waals surface area (Å²) in [5, 5.41) is 7.18. The molecule has 8 heteroatoms. The molecule has 148 valence electrons. The van der Waals surface area contributed by atoms with E-state index in [1.165, 1.54) is 13.2 Å². The van der Waals surface area contributed by atoms with Gasteiger partial charge in [0.1, 0.15) is 11.8 Å². The molecule has 0 saturated heterocycles. The minimum atomic E-state index is -3.87. The van der Waals surface area contributed by atoms with E-state index in [0.29, 0.717) is 23.6 Å². The first-order valence-electron chi connectivity index (χ1n) is 9.03. The number of sulfonamides is 1. The van der Waals surface area contributed by atoms with Crippen LogP contribution >= 0.6 is 0 Å². The van der Waals surface area contributed by atoms with E-state index in [0.717, 1.165) is 9.98 Å². The Labute approximate surface area is 168 Å². The fourth-order valence-corrected chi connectivity index (χ4v) is 4.69. The number of anilines is 1. The molecule has 2 aromatic carbocycles. The van der Waals surface area contributed by atoms with Crippen LogP contribution in [0.1, 0.15) is 30.7 Å². The van der Waals surface area contributed by atoms with Crippen LogP contribution in [0.5, 0.6) is 0 Å². The third-order valence-electron chi connectivity index (χ3n) is 4.55. The van der Waals surface area contributed by atoms with Gasteiger partial charge in [-0.15, -0.1) is 0 Å². The molecule has 0 radical (unpaired) electrons. The fourth-order valence-electron chi connectivity index (χ4n) is 3.26. The predicted octanol–water partition coefficient (Wildman–Crippen LogP) is 3.78. The smallest absolute Gasteiger partial charge is 0.279 e. The van der Waals surface area contributed by atoms with E-state index in [1.807, 2.05) is 6.07 Å². The Bertz CT molecular complexity index is 1160. The van der Waals surface area contributed by atoms with Gasteiger partial charge >= 0.3 is 0 Å². The number of rotatable bonds is 5. The molecule has 1 amide bonds. The van der Waals surface area contributed by atoms with Gasteiger partial charge in [-0.3, -0.25) is 4.79 Å². The first-order chi connectivity index (χ1) is 13.9. The van der Waals surface area contributed by atoms with Crippen molar-refractivity contribution in [3.05, 3.63) is 84.3 Å². The second kappa shape index (κ2) is 7.56. The third kappa shape index (κ3) is 3.79. The predicted molar refractivity (Wildman–Crippen MR) is 109 cm³/mol. The lowest BCUT2D eigenvalue weighted by Crippen LogP contribution is -2.27. The molecule has 0 aliphatic carbocycles. The molecular formula is C21H19N3O4S. The Morgan fingerprint density at radius 2 is 1.90 bits per heavy atom. The highest BCUT2D eigenvalue weighted by atomic mass is 32.2. The summed E-state index contributed by atoms with van der Waals surface area (Å²) in [6, 6.07) is 18.2. The van der Waals surface area contributed by atoms with Gasteiger partial charge in [-0.25, -0.2) is 0 Å². The van der Waals surface area contributed by atoms with E-state index in [4.69, 9.17) is 4.42 Å². The van der Waals surface area contributed by atoms with Crippen molar-refractivity contribution in [2.24, 2.45) is 5.10 Å². The van der Waals surface area contributed by atoms with Crippen molar-refractivity contribution in [2.45, 2.75) is 24.3 Å². The van der Waals surface area contributed by atoms with E-state index in [-0.39, 0.29) is 10.8 Å². The van der Waals surface area contributed by atoms with Gasteiger partial charge < -0.3 is 9.73 Å². The Hall–Kier alpha value is -3.39. The van der Waals surface area contributed by atoms with Crippen LogP contribution in [-0.2, 0) is 14.8 Å². The largest absolute Gasteiger partial charge is 0.467 e. The maximum atomic E-state index is 13.2. The lowest BCUT2D eigenvalue weighted by atomic mass is 10.0. The molecule has 7 nitrogen and oxygen atoms in total. The summed E-state index contributed by atoms with van der Waals surface area (Å²) in [7, 11) is -3.87. The Kier molecular flexibility index (Phi) is 4.94. The molecule has 0 saturated carbocycles. The normalized spacial score (nSPS) is 16.5. The molecule has 2 heterocycles. The Balaban J connectivity index is 1.75. The molecule has 1 N–H and O–H groups in total. The Morgan fingerprint density at radius 3 is 2.59 bits per heavy atom. The van der Waals surface area contributed by atoms with Crippen LogP contribution in [0.15, 0.2) is 87.4 Å². The van der Waals surface area contributed by atoms with Crippen LogP contribution in [0.3, 0.4) is 0 Å². The quantitative estimate of drug-likeness (QED) is 0.694. The summed E-state index contributed by atoms with van der Waals surface area (Å²) in [5.74, 6) is 0.332. The first-order valence-corrected chi connectivity index (χ1v) is 10.5. The maximum absolute atomic E-state index is 13.2. The monoisotopic (exact) mass is 409 g/mol. The van der Waals surface area contributed by atoms with Crippen LogP contribution in [-0.4, -0.2) is 24.5 Å². The second-order valence-electron chi connectivity index (χ2n) is 6.63. The number of hydrazone groups is 1. The molecule has 29 heavy (non-hydrogen) atoms. The van der Waals surface area contributed by atoms with Crippen LogP contribution < -0.4 is 5.32 Å². The van der Waals surface area contributed by atoms with Gasteiger partial charge in [-0.2, -0.15) is 17.9 Å². The highest BCUT2D eigenvalue weighted by molar-refractivity contribution is 7.89. The molecule has 0 spiro atoms. The average molecular weight is 409 g/mol. The summed E-state index contributed by atoms with van der Waals surface area (Å²) in [4.78, 5) is 11.5. The minimum absolute atomic E-state index is 0.161. The maximum Gasteiger partial charge on any atom is 0.279 e. The molecule has 1 aromatic heterocycles. The molecular weight excluding hydrogens is 390 g/mol. The molecule has 4 rings (SSSR count). The Morgan fingerprint density at radius 1 is 1.10 bits per heavy atom. The SMILES string of the molecule is CC(=O)Nc1cccc(C2=NN(S(=O)(=O)c3ccccc3)[C@H](c3ccco3)C2)c1. The summed E-state index contributed by atoms with van der Waals surface area (Å²) in [6.45, 7) is 1.43. The zero-order valence-corrected chi connectivity index (χ0v) is 16.5. The zero-order valence-electron chi connectivity index (χ0n) is 15.6. The summed E-state index contributed by atoms with van der Waals surface area (Å²) < 4.78 is 33.1. The van der Waals surface area contributed by atoms with Crippen LogP contribution in [0, 0.1) is 0 Å². The highest BCUT2D eigenvalue weighted by Gasteiger charge is 2.39. The molecule has 1 atom stereocenters. The minimum Gasteiger partial charge on any atom is -0.467 e. The molecule has 0 unspecified atom stereocenters. The number of furan rings is 1. The van der Waals surface area contributed by atoms with Crippen molar-refractivity contribution < 1.29 is 17.6 Å². The highest BCUT2D eigenvalue weighted by Crippen LogP contribution is 2.37. The van der Waals surface area contributed by atoms with E-state index in [1.54, 1.807) is 60.7 Å². The lowest BCUT2D eigenvalue weighted by molar-refractivity contribution is -0.114. The van der Waals surface area contributed by atoms with E-state index in [9.17, 15) is 13.2 Å².